The minimum Gasteiger partial charge on any atom is -0.488 e. The first-order valence-corrected chi connectivity index (χ1v) is 10.6. The standard InChI is InChI=1S/C19H25F2N3O4S/c1-5-24(6-2)29(26,27)15-10-17(23(4)11-15)19(25)22-13(3)12-28-18-8-7-14(20)9-16(18)21/h7-11,13H,5-6,12H2,1-4H3,(H,22,25). The van der Waals surface area contributed by atoms with Gasteiger partial charge in [-0.25, -0.2) is 17.2 Å². The summed E-state index contributed by atoms with van der Waals surface area (Å²) >= 11 is 0. The second kappa shape index (κ2) is 9.36. The molecule has 160 valence electrons. The largest absolute Gasteiger partial charge is 0.488 e. The fraction of sp³-hybridized carbons (Fsp3) is 0.421. The van der Waals surface area contributed by atoms with Crippen molar-refractivity contribution in [2.24, 2.45) is 7.05 Å². The van der Waals surface area contributed by atoms with E-state index in [1.807, 2.05) is 0 Å². The molecule has 2 aromatic rings. The smallest absolute Gasteiger partial charge is 0.268 e. The van der Waals surface area contributed by atoms with Crippen molar-refractivity contribution < 1.29 is 26.7 Å². The van der Waals surface area contributed by atoms with Gasteiger partial charge in [0.05, 0.1) is 6.04 Å². The maximum Gasteiger partial charge on any atom is 0.268 e. The molecule has 1 aromatic carbocycles. The zero-order valence-corrected chi connectivity index (χ0v) is 17.6. The molecule has 0 bridgehead atoms. The Morgan fingerprint density at radius 3 is 2.48 bits per heavy atom. The minimum absolute atomic E-state index is 0.0335. The maximum absolute atomic E-state index is 13.6. The van der Waals surface area contributed by atoms with Gasteiger partial charge < -0.3 is 14.6 Å². The first-order chi connectivity index (χ1) is 13.6. The molecule has 1 aromatic heterocycles. The summed E-state index contributed by atoms with van der Waals surface area (Å²) in [6, 6.07) is 3.76. The van der Waals surface area contributed by atoms with Crippen LogP contribution in [0.1, 0.15) is 31.3 Å². The van der Waals surface area contributed by atoms with Gasteiger partial charge >= 0.3 is 0 Å². The number of aryl methyl sites for hydroxylation is 1. The average Bonchev–Trinajstić information content (AvgIpc) is 3.04. The third-order valence-corrected chi connectivity index (χ3v) is 6.33. The van der Waals surface area contributed by atoms with Crippen LogP contribution >= 0.6 is 0 Å². The number of benzene rings is 1. The lowest BCUT2D eigenvalue weighted by Crippen LogP contribution is -2.37. The highest BCUT2D eigenvalue weighted by Crippen LogP contribution is 2.19. The van der Waals surface area contributed by atoms with Crippen molar-refractivity contribution in [2.45, 2.75) is 31.7 Å². The lowest BCUT2D eigenvalue weighted by molar-refractivity contribution is 0.0918. The molecule has 1 atom stereocenters. The van der Waals surface area contributed by atoms with Crippen LogP contribution in [-0.2, 0) is 17.1 Å². The van der Waals surface area contributed by atoms with Gasteiger partial charge in [0, 0.05) is 32.4 Å². The molecule has 0 fully saturated rings. The number of ether oxygens (including phenoxy) is 1. The van der Waals surface area contributed by atoms with E-state index in [0.29, 0.717) is 19.2 Å². The van der Waals surface area contributed by atoms with Crippen LogP contribution in [0.2, 0.25) is 0 Å². The van der Waals surface area contributed by atoms with Crippen LogP contribution in [0.15, 0.2) is 35.4 Å². The molecule has 0 saturated carbocycles. The van der Waals surface area contributed by atoms with Gasteiger partial charge in [-0.1, -0.05) is 13.8 Å². The number of sulfonamides is 1. The quantitative estimate of drug-likeness (QED) is 0.664. The van der Waals surface area contributed by atoms with Crippen LogP contribution < -0.4 is 10.1 Å². The highest BCUT2D eigenvalue weighted by molar-refractivity contribution is 7.89. The first-order valence-electron chi connectivity index (χ1n) is 9.15. The summed E-state index contributed by atoms with van der Waals surface area (Å²) in [5.41, 5.74) is 0.163. The molecule has 10 heteroatoms. The Labute approximate surface area is 169 Å². The van der Waals surface area contributed by atoms with Crippen LogP contribution in [0.25, 0.3) is 0 Å². The second-order valence-corrected chi connectivity index (χ2v) is 8.46. The van der Waals surface area contributed by atoms with Crippen LogP contribution in [0.5, 0.6) is 5.75 Å². The van der Waals surface area contributed by atoms with Crippen molar-refractivity contribution in [2.75, 3.05) is 19.7 Å². The Balaban J connectivity index is 2.06. The number of hydrogen-bond donors (Lipinski definition) is 1. The van der Waals surface area contributed by atoms with Crippen molar-refractivity contribution in [3.63, 3.8) is 0 Å². The van der Waals surface area contributed by atoms with Gasteiger partial charge in [0.2, 0.25) is 10.0 Å². The maximum atomic E-state index is 13.6. The number of rotatable bonds is 9. The number of nitrogens with one attached hydrogen (secondary N) is 1. The first kappa shape index (κ1) is 22.8. The number of carbonyl (C=O) groups excluding carboxylic acids is 1. The number of nitrogens with zero attached hydrogens (tertiary/aromatic N) is 2. The summed E-state index contributed by atoms with van der Waals surface area (Å²) in [6.07, 6.45) is 1.39. The van der Waals surface area contributed by atoms with Crippen LogP contribution in [0.3, 0.4) is 0 Å². The van der Waals surface area contributed by atoms with Crippen molar-refractivity contribution in [3.05, 3.63) is 47.8 Å². The Hall–Kier alpha value is -2.46. The van der Waals surface area contributed by atoms with Gasteiger partial charge in [0.25, 0.3) is 5.91 Å². The van der Waals surface area contributed by atoms with Gasteiger partial charge in [-0.3, -0.25) is 4.79 Å². The van der Waals surface area contributed by atoms with Crippen LogP contribution in [0.4, 0.5) is 8.78 Å². The molecule has 1 heterocycles. The fourth-order valence-electron chi connectivity index (χ4n) is 2.76. The van der Waals surface area contributed by atoms with E-state index in [1.54, 1.807) is 27.8 Å². The molecule has 29 heavy (non-hydrogen) atoms. The third kappa shape index (κ3) is 5.33. The molecule has 1 unspecified atom stereocenters. The molecular formula is C19H25F2N3O4S. The van der Waals surface area contributed by atoms with Crippen molar-refractivity contribution >= 4 is 15.9 Å². The van der Waals surface area contributed by atoms with Gasteiger partial charge in [-0.15, -0.1) is 0 Å². The minimum atomic E-state index is -3.68. The van der Waals surface area contributed by atoms with E-state index in [0.717, 1.165) is 6.07 Å². The van der Waals surface area contributed by atoms with Gasteiger partial charge in [-0.05, 0) is 25.1 Å². The van der Waals surface area contributed by atoms with E-state index in [-0.39, 0.29) is 22.9 Å². The summed E-state index contributed by atoms with van der Waals surface area (Å²) in [6.45, 7) is 5.72. The molecule has 0 aliphatic heterocycles. The Bertz CT molecular complexity index is 972. The summed E-state index contributed by atoms with van der Waals surface area (Å²) in [5, 5.41) is 2.67. The molecule has 0 radical (unpaired) electrons. The summed E-state index contributed by atoms with van der Waals surface area (Å²) in [4.78, 5) is 12.6. The molecule has 0 spiro atoms. The highest BCUT2D eigenvalue weighted by Gasteiger charge is 2.25. The van der Waals surface area contributed by atoms with Gasteiger partial charge in [-0.2, -0.15) is 4.31 Å². The zero-order valence-electron chi connectivity index (χ0n) is 16.8. The number of halogens is 2. The SMILES string of the molecule is CCN(CC)S(=O)(=O)c1cc(C(=O)NC(C)COc2ccc(F)cc2F)n(C)c1. The number of amides is 1. The van der Waals surface area contributed by atoms with Crippen molar-refractivity contribution in [3.8, 4) is 5.75 Å². The number of aromatic nitrogens is 1. The lowest BCUT2D eigenvalue weighted by atomic mass is 10.3. The van der Waals surface area contributed by atoms with E-state index in [9.17, 15) is 22.0 Å². The topological polar surface area (TPSA) is 80.6 Å². The third-order valence-electron chi connectivity index (χ3n) is 4.32. The van der Waals surface area contributed by atoms with E-state index in [4.69, 9.17) is 4.74 Å². The normalized spacial score (nSPS) is 12.8. The Morgan fingerprint density at radius 1 is 1.24 bits per heavy atom. The number of hydrogen-bond acceptors (Lipinski definition) is 4. The second-order valence-electron chi connectivity index (χ2n) is 6.52. The average molecular weight is 429 g/mol. The Kier molecular flexibility index (Phi) is 7.37. The molecule has 1 N–H and O–H groups in total. The molecule has 7 nitrogen and oxygen atoms in total. The zero-order chi connectivity index (χ0) is 21.8. The molecule has 0 saturated heterocycles. The molecule has 1 amide bonds. The predicted molar refractivity (Wildman–Crippen MR) is 104 cm³/mol. The van der Waals surface area contributed by atoms with Gasteiger partial charge in [0.1, 0.15) is 23.0 Å². The fourth-order valence-corrected chi connectivity index (χ4v) is 4.29. The van der Waals surface area contributed by atoms with Crippen molar-refractivity contribution in [1.29, 1.82) is 0 Å². The summed E-state index contributed by atoms with van der Waals surface area (Å²) in [7, 11) is -2.11. The van der Waals surface area contributed by atoms with E-state index >= 15 is 0 Å². The molecular weight excluding hydrogens is 404 g/mol. The highest BCUT2D eigenvalue weighted by atomic mass is 32.2. The molecule has 2 rings (SSSR count). The lowest BCUT2D eigenvalue weighted by Gasteiger charge is -2.17. The van der Waals surface area contributed by atoms with E-state index < -0.39 is 33.6 Å². The Morgan fingerprint density at radius 2 is 1.90 bits per heavy atom. The van der Waals surface area contributed by atoms with Crippen LogP contribution in [-0.4, -0.2) is 48.9 Å². The summed E-state index contributed by atoms with van der Waals surface area (Å²) in [5.74, 6) is -2.17. The predicted octanol–water partition coefficient (Wildman–Crippen LogP) is 2.53. The summed E-state index contributed by atoms with van der Waals surface area (Å²) < 4.78 is 59.8. The van der Waals surface area contributed by atoms with Crippen LogP contribution in [0, 0.1) is 11.6 Å². The molecule has 0 aliphatic rings. The number of carbonyl (C=O) groups is 1. The van der Waals surface area contributed by atoms with Gasteiger partial charge in [0.15, 0.2) is 11.6 Å². The van der Waals surface area contributed by atoms with Crippen molar-refractivity contribution in [1.82, 2.24) is 14.2 Å². The monoisotopic (exact) mass is 429 g/mol. The van der Waals surface area contributed by atoms with E-state index in [2.05, 4.69) is 5.32 Å². The molecule has 0 aliphatic carbocycles. The van der Waals surface area contributed by atoms with E-state index in [1.165, 1.54) is 27.2 Å².